The Balaban J connectivity index is -0.0000000600. The van der Waals surface area contributed by atoms with Crippen LogP contribution in [0.4, 0.5) is 0 Å². The minimum atomic E-state index is -2.87. The second-order valence-electron chi connectivity index (χ2n) is 0.509. The predicted octanol–water partition coefficient (Wildman–Crippen LogP) is -2.43. The molecule has 58 valence electrons. The molecule has 0 rings (SSSR count). The molecular formula is H3Au2K3O3S2. The van der Waals surface area contributed by atoms with E-state index in [4.69, 9.17) is 0 Å². The quantitative estimate of drug-likeness (QED) is 0.320. The molecule has 0 saturated carbocycles. The summed E-state index contributed by atoms with van der Waals surface area (Å²) in [6.45, 7) is 0. The predicted molar refractivity (Wildman–Crippen MR) is 39.1 cm³/mol. The van der Waals surface area contributed by atoms with Crippen LogP contribution in [-0.4, -0.2) is 158 Å². The van der Waals surface area contributed by atoms with Crippen molar-refractivity contribution in [2.45, 2.75) is 0 Å². The van der Waals surface area contributed by atoms with Crippen molar-refractivity contribution in [1.82, 2.24) is 0 Å². The molecule has 0 amide bonds. The van der Waals surface area contributed by atoms with E-state index < -0.39 is 9.05 Å². The van der Waals surface area contributed by atoms with Gasteiger partial charge in [-0.25, -0.2) is 0 Å². The second kappa shape index (κ2) is 15.7. The van der Waals surface area contributed by atoms with Gasteiger partial charge in [0.05, 0.1) is 0 Å². The van der Waals surface area contributed by atoms with E-state index in [0.29, 0.717) is 0 Å². The van der Waals surface area contributed by atoms with Crippen molar-refractivity contribution in [3.8, 4) is 0 Å². The van der Waals surface area contributed by atoms with Crippen molar-refractivity contribution in [3.63, 3.8) is 0 Å². The molecule has 10 heavy (non-hydrogen) atoms. The summed E-state index contributed by atoms with van der Waals surface area (Å²) in [4.78, 5) is 0. The Morgan fingerprint density at radius 3 is 1.30 bits per heavy atom. The molecule has 0 aromatic rings. The zero-order chi connectivity index (χ0) is 5.91. The molecule has 0 spiro atoms. The molecule has 0 radical (unpaired) electrons. The molecule has 0 saturated heterocycles. The molecule has 0 aromatic heterocycles. The fourth-order valence-electron chi connectivity index (χ4n) is 0.00619. The van der Waals surface area contributed by atoms with Gasteiger partial charge in [0.25, 0.3) is 0 Å². The van der Waals surface area contributed by atoms with Gasteiger partial charge >= 0.3 is 227 Å². The fraction of sp³-hybridized carbons (Fsp3) is 0. The summed E-state index contributed by atoms with van der Waals surface area (Å²) in [7, 11) is -2.87. The van der Waals surface area contributed by atoms with Crippen LogP contribution in [-0.2, 0) is 68.6 Å². The standard InChI is InChI=1S/2Au.3K.H2O3S2.3H/c;;;;;1-5(2,3)4;;;/h;;;;;(H2,1,2,3,4);;;/q2*+1;;;;;;;/p-2. The zero-order valence-electron chi connectivity index (χ0n) is 2.64. The topological polar surface area (TPSA) is 35.5 Å². The zero-order valence-corrected chi connectivity index (χ0v) is 8.61. The monoisotopic (exact) mass is 626 g/mol. The number of hydrogen-bond acceptors (Lipinski definition) is 4. The first-order valence-corrected chi connectivity index (χ1v) is 5.02. The molecule has 0 N–H and O–H groups in total. The summed E-state index contributed by atoms with van der Waals surface area (Å²) in [6.07, 6.45) is 0. The summed E-state index contributed by atoms with van der Waals surface area (Å²) in [6, 6.07) is 0. The van der Waals surface area contributed by atoms with Crippen molar-refractivity contribution in [3.05, 3.63) is 0 Å². The molecule has 0 aromatic carbocycles. The first-order valence-electron chi connectivity index (χ1n) is 0.913. The molecule has 0 atom stereocenters. The first kappa shape index (κ1) is 25.5. The van der Waals surface area contributed by atoms with Crippen molar-refractivity contribution < 1.29 is 52.5 Å². The Kier molecular flexibility index (Phi) is 40.0. The average Bonchev–Trinajstić information content (AvgIpc) is 1.68. The Morgan fingerprint density at radius 1 is 1.10 bits per heavy atom. The van der Waals surface area contributed by atoms with Gasteiger partial charge in [-0.05, 0) is 0 Å². The normalized spacial score (nSPS) is 8.40. The molecule has 0 aliphatic rings. The summed E-state index contributed by atoms with van der Waals surface area (Å²) in [5.74, 6) is 0. The summed E-state index contributed by atoms with van der Waals surface area (Å²) in [5, 5.41) is 0. The van der Waals surface area contributed by atoms with E-state index in [9.17, 15) is 4.21 Å². The van der Waals surface area contributed by atoms with Crippen LogP contribution in [0.3, 0.4) is 0 Å². The molecule has 0 bridgehead atoms. The third-order valence-corrected chi connectivity index (χ3v) is 5.04. The molecule has 10 heteroatoms. The van der Waals surface area contributed by atoms with Crippen LogP contribution in [0.2, 0.25) is 0 Å². The van der Waals surface area contributed by atoms with Gasteiger partial charge in [0, 0.05) is 0 Å². The first-order chi connectivity index (χ1) is 3.12. The SMILES string of the molecule is O=S(=S)([O][Au])[O][Au].[KH].[KH].[KH]. The van der Waals surface area contributed by atoms with Gasteiger partial charge in [0.2, 0.25) is 0 Å². The van der Waals surface area contributed by atoms with Gasteiger partial charge in [-0.2, -0.15) is 0 Å². The summed E-state index contributed by atoms with van der Waals surface area (Å²) >= 11 is 7.36. The van der Waals surface area contributed by atoms with Crippen LogP contribution in [0.1, 0.15) is 0 Å². The van der Waals surface area contributed by atoms with E-state index in [1.54, 1.807) is 42.9 Å². The third kappa shape index (κ3) is 17.1. The Labute approximate surface area is 219 Å². The van der Waals surface area contributed by atoms with E-state index >= 15 is 0 Å². The van der Waals surface area contributed by atoms with Gasteiger partial charge in [-0.1, -0.05) is 0 Å². The molecule has 0 unspecified atom stereocenters. The fourth-order valence-corrected chi connectivity index (χ4v) is 1.24. The second-order valence-corrected chi connectivity index (χ2v) is 4.92. The van der Waals surface area contributed by atoms with Crippen molar-refractivity contribution in [1.29, 1.82) is 0 Å². The van der Waals surface area contributed by atoms with Gasteiger partial charge in [0.1, 0.15) is 0 Å². The van der Waals surface area contributed by atoms with Crippen molar-refractivity contribution in [2.75, 3.05) is 0 Å². The van der Waals surface area contributed by atoms with Gasteiger partial charge in [0.15, 0.2) is 0 Å². The van der Waals surface area contributed by atoms with Gasteiger partial charge in [-0.3, -0.25) is 0 Å². The van der Waals surface area contributed by atoms with E-state index in [0.717, 1.165) is 0 Å². The third-order valence-electron chi connectivity index (χ3n) is 0.123. The van der Waals surface area contributed by atoms with Crippen molar-refractivity contribution >= 4 is 174 Å². The maximum atomic E-state index is 10.3. The van der Waals surface area contributed by atoms with Crippen LogP contribution in [0, 0.1) is 0 Å². The summed E-state index contributed by atoms with van der Waals surface area (Å²) < 4.78 is 18.5. The number of rotatable bonds is 2. The molecule has 0 aliphatic heterocycles. The van der Waals surface area contributed by atoms with Crippen molar-refractivity contribution in [2.24, 2.45) is 0 Å². The molecular weight excluding hydrogens is 623 g/mol. The Bertz CT molecular complexity index is 123. The molecule has 0 heterocycles. The van der Waals surface area contributed by atoms with E-state index in [1.165, 1.54) is 0 Å². The van der Waals surface area contributed by atoms with E-state index in [2.05, 4.69) is 16.6 Å². The van der Waals surface area contributed by atoms with Gasteiger partial charge in [-0.15, -0.1) is 0 Å². The van der Waals surface area contributed by atoms with Crippen LogP contribution >= 0.6 is 0 Å². The maximum absolute atomic E-state index is 10.3. The van der Waals surface area contributed by atoms with Crippen LogP contribution < -0.4 is 0 Å². The van der Waals surface area contributed by atoms with E-state index in [-0.39, 0.29) is 154 Å². The number of hydrogen-bond donors (Lipinski definition) is 0. The molecule has 0 fully saturated rings. The molecule has 0 aliphatic carbocycles. The Hall–Kier alpha value is 6.68. The van der Waals surface area contributed by atoms with Crippen LogP contribution in [0.15, 0.2) is 0 Å². The molecule has 3 nitrogen and oxygen atoms in total. The van der Waals surface area contributed by atoms with E-state index in [1.807, 2.05) is 0 Å². The average molecular weight is 626 g/mol. The van der Waals surface area contributed by atoms with Crippen LogP contribution in [0.25, 0.3) is 0 Å². The summed E-state index contributed by atoms with van der Waals surface area (Å²) in [5.41, 5.74) is 0. The minimum absolute atomic E-state index is 0. The Morgan fingerprint density at radius 2 is 1.30 bits per heavy atom. The van der Waals surface area contributed by atoms with Crippen LogP contribution in [0.5, 0.6) is 0 Å². The van der Waals surface area contributed by atoms with Gasteiger partial charge < -0.3 is 0 Å².